The van der Waals surface area contributed by atoms with E-state index in [1.165, 1.54) is 6.07 Å². The van der Waals surface area contributed by atoms with Gasteiger partial charge in [0.05, 0.1) is 17.1 Å². The van der Waals surface area contributed by atoms with E-state index in [0.29, 0.717) is 17.1 Å². The summed E-state index contributed by atoms with van der Waals surface area (Å²) in [4.78, 5) is 20.1. The van der Waals surface area contributed by atoms with E-state index in [-0.39, 0.29) is 5.69 Å². The minimum absolute atomic E-state index is 0.0191. The molecule has 0 saturated carbocycles. The van der Waals surface area contributed by atoms with Crippen LogP contribution in [0, 0.1) is 0 Å². The van der Waals surface area contributed by atoms with Crippen molar-refractivity contribution in [2.24, 2.45) is 0 Å². The van der Waals surface area contributed by atoms with Crippen molar-refractivity contribution in [1.29, 1.82) is 0 Å². The van der Waals surface area contributed by atoms with Crippen LogP contribution < -0.4 is 0 Å². The van der Waals surface area contributed by atoms with Gasteiger partial charge in [0.2, 0.25) is 0 Å². The Bertz CT molecular complexity index is 879. The largest absolute Gasteiger partial charge is 0.477 e. The lowest BCUT2D eigenvalue weighted by Crippen LogP contribution is -2.23. The van der Waals surface area contributed by atoms with E-state index < -0.39 is 11.4 Å². The van der Waals surface area contributed by atoms with Gasteiger partial charge in [-0.2, -0.15) is 5.10 Å². The van der Waals surface area contributed by atoms with Crippen LogP contribution in [0.5, 0.6) is 0 Å². The lowest BCUT2D eigenvalue weighted by Gasteiger charge is -2.24. The van der Waals surface area contributed by atoms with E-state index in [1.807, 2.05) is 44.2 Å². The van der Waals surface area contributed by atoms with E-state index in [9.17, 15) is 4.79 Å². The number of nitrogens with zero attached hydrogens (tertiary/aromatic N) is 4. The number of pyridine rings is 2. The second-order valence-corrected chi connectivity index (χ2v) is 5.86. The Morgan fingerprint density at radius 1 is 0.917 bits per heavy atom. The van der Waals surface area contributed by atoms with E-state index in [0.717, 1.165) is 5.69 Å². The predicted octanol–water partition coefficient (Wildman–Crippen LogP) is 2.96. The van der Waals surface area contributed by atoms with Gasteiger partial charge in [-0.1, -0.05) is 12.1 Å². The topological polar surface area (TPSA) is 88.9 Å². The van der Waals surface area contributed by atoms with Gasteiger partial charge in [0.15, 0.2) is 0 Å². The molecular formula is C18H16N4O2. The van der Waals surface area contributed by atoms with Gasteiger partial charge in [-0.3, -0.25) is 4.98 Å². The fourth-order valence-electron chi connectivity index (χ4n) is 2.40. The molecule has 24 heavy (non-hydrogen) atoms. The van der Waals surface area contributed by atoms with Crippen molar-refractivity contribution < 1.29 is 9.90 Å². The predicted molar refractivity (Wildman–Crippen MR) is 88.6 cm³/mol. The number of rotatable bonds is 4. The van der Waals surface area contributed by atoms with Crippen molar-refractivity contribution in [3.63, 3.8) is 0 Å². The van der Waals surface area contributed by atoms with Crippen molar-refractivity contribution in [2.75, 3.05) is 0 Å². The van der Waals surface area contributed by atoms with Crippen LogP contribution >= 0.6 is 0 Å². The molecule has 3 aromatic rings. The molecular weight excluding hydrogens is 304 g/mol. The molecule has 6 heteroatoms. The van der Waals surface area contributed by atoms with Gasteiger partial charge in [0.1, 0.15) is 11.4 Å². The summed E-state index contributed by atoms with van der Waals surface area (Å²) in [5.41, 5.74) is 2.28. The highest BCUT2D eigenvalue weighted by molar-refractivity contribution is 5.85. The minimum atomic E-state index is -1.05. The maximum absolute atomic E-state index is 11.2. The molecule has 0 fully saturated rings. The first kappa shape index (κ1) is 15.7. The first-order chi connectivity index (χ1) is 11.5. The first-order valence-corrected chi connectivity index (χ1v) is 7.45. The van der Waals surface area contributed by atoms with Gasteiger partial charge in [-0.05, 0) is 50.2 Å². The fraction of sp³-hybridized carbons (Fsp3) is 0.167. The molecule has 0 bridgehead atoms. The monoisotopic (exact) mass is 320 g/mol. The maximum Gasteiger partial charge on any atom is 0.354 e. The summed E-state index contributed by atoms with van der Waals surface area (Å²) in [6.07, 6.45) is 1.61. The Balaban J connectivity index is 2.04. The maximum atomic E-state index is 11.2. The van der Waals surface area contributed by atoms with Crippen molar-refractivity contribution in [1.82, 2.24) is 20.2 Å². The average molecular weight is 320 g/mol. The Morgan fingerprint density at radius 3 is 2.25 bits per heavy atom. The molecule has 0 aromatic carbocycles. The second-order valence-electron chi connectivity index (χ2n) is 5.86. The van der Waals surface area contributed by atoms with Gasteiger partial charge in [0.25, 0.3) is 0 Å². The lowest BCUT2D eigenvalue weighted by molar-refractivity contribution is 0.0690. The number of carboxylic acids is 1. The van der Waals surface area contributed by atoms with Gasteiger partial charge in [-0.15, -0.1) is 5.10 Å². The average Bonchev–Trinajstić information content (AvgIpc) is 2.62. The third kappa shape index (κ3) is 2.99. The van der Waals surface area contributed by atoms with Gasteiger partial charge in [-0.25, -0.2) is 9.78 Å². The van der Waals surface area contributed by atoms with Crippen LogP contribution in [0.15, 0.2) is 54.7 Å². The molecule has 3 heterocycles. The van der Waals surface area contributed by atoms with Gasteiger partial charge >= 0.3 is 5.97 Å². The zero-order valence-electron chi connectivity index (χ0n) is 13.3. The van der Waals surface area contributed by atoms with Crippen molar-refractivity contribution in [2.45, 2.75) is 19.3 Å². The summed E-state index contributed by atoms with van der Waals surface area (Å²) in [6.45, 7) is 3.92. The minimum Gasteiger partial charge on any atom is -0.477 e. The summed E-state index contributed by atoms with van der Waals surface area (Å²) in [6, 6.07) is 14.3. The Hall–Kier alpha value is -3.15. The Labute approximate surface area is 139 Å². The Morgan fingerprint density at radius 2 is 1.58 bits per heavy atom. The Kier molecular flexibility index (Phi) is 4.04. The molecule has 3 rings (SSSR count). The van der Waals surface area contributed by atoms with E-state index in [1.54, 1.807) is 18.3 Å². The van der Waals surface area contributed by atoms with Crippen LogP contribution in [0.2, 0.25) is 0 Å². The van der Waals surface area contributed by atoms with Crippen LogP contribution in [0.1, 0.15) is 35.7 Å². The van der Waals surface area contributed by atoms with Crippen LogP contribution in [-0.4, -0.2) is 31.2 Å². The molecule has 6 nitrogen and oxygen atoms in total. The summed E-state index contributed by atoms with van der Waals surface area (Å²) in [5, 5.41) is 17.1. The molecule has 0 aliphatic rings. The number of aromatic nitrogens is 4. The van der Waals surface area contributed by atoms with Crippen molar-refractivity contribution in [3.05, 3.63) is 71.8 Å². The summed E-state index contributed by atoms with van der Waals surface area (Å²) < 4.78 is 0. The molecule has 0 radical (unpaired) electrons. The van der Waals surface area contributed by atoms with Crippen molar-refractivity contribution in [3.8, 4) is 11.4 Å². The molecule has 0 spiro atoms. The zero-order valence-corrected chi connectivity index (χ0v) is 13.3. The summed E-state index contributed by atoms with van der Waals surface area (Å²) in [5.74, 6) is -1.05. The normalized spacial score (nSPS) is 11.2. The second kappa shape index (κ2) is 6.16. The molecule has 0 aliphatic heterocycles. The molecule has 0 aliphatic carbocycles. The van der Waals surface area contributed by atoms with Crippen LogP contribution in [0.4, 0.5) is 0 Å². The van der Waals surface area contributed by atoms with Gasteiger partial charge < -0.3 is 5.11 Å². The number of hydrogen-bond acceptors (Lipinski definition) is 5. The first-order valence-electron chi connectivity index (χ1n) is 7.45. The number of carbonyl (C=O) groups is 1. The highest BCUT2D eigenvalue weighted by atomic mass is 16.4. The molecule has 0 amide bonds. The van der Waals surface area contributed by atoms with Crippen LogP contribution in [0.3, 0.4) is 0 Å². The molecule has 0 saturated heterocycles. The van der Waals surface area contributed by atoms with Crippen LogP contribution in [-0.2, 0) is 5.41 Å². The van der Waals surface area contributed by atoms with Crippen LogP contribution in [0.25, 0.3) is 11.4 Å². The van der Waals surface area contributed by atoms with Crippen molar-refractivity contribution >= 4 is 5.97 Å². The highest BCUT2D eigenvalue weighted by Gasteiger charge is 2.27. The highest BCUT2D eigenvalue weighted by Crippen LogP contribution is 2.30. The fourth-order valence-corrected chi connectivity index (χ4v) is 2.40. The smallest absolute Gasteiger partial charge is 0.354 e. The SMILES string of the molecule is CC(C)(c1cccc(C(=O)O)n1)c1cccc(-c2cccnn2)n1. The standard InChI is InChI=1S/C18H16N4O2/c1-18(2,16-10-4-7-14(21-16)17(23)24)15-9-3-6-12(20-15)13-8-5-11-19-22-13/h3-11H,1-2H3,(H,23,24). The zero-order chi connectivity index (χ0) is 17.2. The molecule has 0 atom stereocenters. The molecule has 120 valence electrons. The quantitative estimate of drug-likeness (QED) is 0.795. The van der Waals surface area contributed by atoms with Gasteiger partial charge in [0, 0.05) is 11.6 Å². The summed E-state index contributed by atoms with van der Waals surface area (Å²) in [7, 11) is 0. The van der Waals surface area contributed by atoms with E-state index in [4.69, 9.17) is 5.11 Å². The molecule has 3 aromatic heterocycles. The summed E-state index contributed by atoms with van der Waals surface area (Å²) >= 11 is 0. The van der Waals surface area contributed by atoms with E-state index >= 15 is 0 Å². The molecule has 1 N–H and O–H groups in total. The number of hydrogen-bond donors (Lipinski definition) is 1. The number of aromatic carboxylic acids is 1. The molecule has 0 unspecified atom stereocenters. The third-order valence-corrected chi connectivity index (χ3v) is 3.83. The van der Waals surface area contributed by atoms with E-state index in [2.05, 4.69) is 20.2 Å². The lowest BCUT2D eigenvalue weighted by atomic mass is 9.84. The third-order valence-electron chi connectivity index (χ3n) is 3.83. The number of carboxylic acid groups (broad SMARTS) is 1.